The fraction of sp³-hybridized carbons (Fsp3) is 0.0952. The SMILES string of the molecule is COC(=O)c1c(-c2c(F)cccc2Cl)noc1-c1cnn(-c2ccccc2)c1C(F)(F)F. The van der Waals surface area contributed by atoms with Crippen molar-refractivity contribution in [2.24, 2.45) is 0 Å². The van der Waals surface area contributed by atoms with Crippen molar-refractivity contribution < 1.29 is 31.6 Å². The number of halogens is 5. The van der Waals surface area contributed by atoms with Crippen LogP contribution in [0.1, 0.15) is 16.1 Å². The minimum Gasteiger partial charge on any atom is -0.465 e. The third kappa shape index (κ3) is 3.62. The van der Waals surface area contributed by atoms with Crippen LogP contribution in [-0.4, -0.2) is 28.0 Å². The van der Waals surface area contributed by atoms with Crippen molar-refractivity contribution in [2.75, 3.05) is 7.11 Å². The van der Waals surface area contributed by atoms with E-state index in [2.05, 4.69) is 10.3 Å². The van der Waals surface area contributed by atoms with Crippen molar-refractivity contribution in [1.29, 1.82) is 0 Å². The monoisotopic (exact) mass is 465 g/mol. The molecule has 0 atom stereocenters. The Kier molecular flexibility index (Phi) is 5.47. The summed E-state index contributed by atoms with van der Waals surface area (Å²) in [5, 5.41) is 7.36. The first-order chi connectivity index (χ1) is 15.2. The van der Waals surface area contributed by atoms with Gasteiger partial charge in [0.05, 0.1) is 35.1 Å². The Morgan fingerprint density at radius 2 is 1.84 bits per heavy atom. The minimum atomic E-state index is -4.89. The van der Waals surface area contributed by atoms with Crippen molar-refractivity contribution >= 4 is 17.6 Å². The lowest BCUT2D eigenvalue weighted by atomic mass is 10.0. The van der Waals surface area contributed by atoms with Crippen molar-refractivity contribution in [2.45, 2.75) is 6.18 Å². The standard InChI is InChI=1S/C21H12ClF4N3O3/c1-31-20(30)16-17(15-13(22)8-5-9-14(15)23)28-32-18(16)12-10-27-29(19(12)21(24,25)26)11-6-3-2-4-7-11/h2-10H,1H3. The van der Waals surface area contributed by atoms with Crippen LogP contribution in [0.15, 0.2) is 59.3 Å². The second-order valence-electron chi connectivity index (χ2n) is 6.48. The summed E-state index contributed by atoms with van der Waals surface area (Å²) in [6.07, 6.45) is -4.01. The summed E-state index contributed by atoms with van der Waals surface area (Å²) in [5.41, 5.74) is -2.88. The normalized spacial score (nSPS) is 11.6. The molecule has 0 N–H and O–H groups in total. The topological polar surface area (TPSA) is 70.2 Å². The summed E-state index contributed by atoms with van der Waals surface area (Å²) in [6.45, 7) is 0. The predicted molar refractivity (Wildman–Crippen MR) is 106 cm³/mol. The van der Waals surface area contributed by atoms with E-state index in [0.29, 0.717) is 4.68 Å². The summed E-state index contributed by atoms with van der Waals surface area (Å²) >= 11 is 6.06. The fourth-order valence-electron chi connectivity index (χ4n) is 3.21. The number of esters is 1. The van der Waals surface area contributed by atoms with Gasteiger partial charge in [-0.1, -0.05) is 41.0 Å². The molecule has 0 aliphatic rings. The highest BCUT2D eigenvalue weighted by Gasteiger charge is 2.42. The van der Waals surface area contributed by atoms with Gasteiger partial charge in [0.2, 0.25) is 0 Å². The van der Waals surface area contributed by atoms with Gasteiger partial charge in [-0.3, -0.25) is 0 Å². The lowest BCUT2D eigenvalue weighted by molar-refractivity contribution is -0.142. The molecule has 0 saturated carbocycles. The molecule has 2 aromatic carbocycles. The molecule has 2 heterocycles. The molecule has 0 amide bonds. The third-order valence-electron chi connectivity index (χ3n) is 4.56. The molecule has 4 rings (SSSR count). The molecule has 0 radical (unpaired) electrons. The number of para-hydroxylation sites is 1. The van der Waals surface area contributed by atoms with E-state index in [9.17, 15) is 22.4 Å². The number of aromatic nitrogens is 3. The first kappa shape index (κ1) is 21.6. The van der Waals surface area contributed by atoms with E-state index in [4.69, 9.17) is 20.9 Å². The van der Waals surface area contributed by atoms with E-state index in [0.717, 1.165) is 19.4 Å². The average Bonchev–Trinajstić information content (AvgIpc) is 3.38. The Bertz CT molecular complexity index is 1280. The predicted octanol–water partition coefficient (Wildman–Crippen LogP) is 5.79. The van der Waals surface area contributed by atoms with Crippen molar-refractivity contribution in [3.63, 3.8) is 0 Å². The molecule has 0 aliphatic carbocycles. The van der Waals surface area contributed by atoms with Gasteiger partial charge in [0.25, 0.3) is 0 Å². The fourth-order valence-corrected chi connectivity index (χ4v) is 3.46. The molecule has 11 heteroatoms. The number of carbonyl (C=O) groups is 1. The van der Waals surface area contributed by atoms with Gasteiger partial charge in [-0.25, -0.2) is 13.9 Å². The van der Waals surface area contributed by atoms with E-state index in [1.807, 2.05) is 0 Å². The molecule has 0 spiro atoms. The maximum atomic E-state index is 14.5. The number of alkyl halides is 3. The summed E-state index contributed by atoms with van der Waals surface area (Å²) in [7, 11) is 1.02. The summed E-state index contributed by atoms with van der Waals surface area (Å²) in [4.78, 5) is 12.5. The highest BCUT2D eigenvalue weighted by molar-refractivity contribution is 6.33. The Labute approximate surface area is 183 Å². The number of rotatable bonds is 4. The minimum absolute atomic E-state index is 0.119. The molecule has 0 unspecified atom stereocenters. The van der Waals surface area contributed by atoms with Crippen LogP contribution in [0.4, 0.5) is 17.6 Å². The van der Waals surface area contributed by atoms with Gasteiger partial charge in [-0.15, -0.1) is 0 Å². The zero-order valence-electron chi connectivity index (χ0n) is 16.2. The highest BCUT2D eigenvalue weighted by atomic mass is 35.5. The van der Waals surface area contributed by atoms with Crippen LogP contribution >= 0.6 is 11.6 Å². The Morgan fingerprint density at radius 1 is 1.12 bits per heavy atom. The Balaban J connectivity index is 2.01. The summed E-state index contributed by atoms with van der Waals surface area (Å²) < 4.78 is 67.2. The Hall–Kier alpha value is -3.66. The van der Waals surface area contributed by atoms with Gasteiger partial charge in [-0.2, -0.15) is 18.3 Å². The maximum absolute atomic E-state index is 14.5. The molecule has 32 heavy (non-hydrogen) atoms. The number of hydrogen-bond acceptors (Lipinski definition) is 5. The number of ether oxygens (including phenoxy) is 1. The highest BCUT2D eigenvalue weighted by Crippen LogP contribution is 2.43. The van der Waals surface area contributed by atoms with Gasteiger partial charge < -0.3 is 9.26 Å². The average molecular weight is 466 g/mol. The maximum Gasteiger partial charge on any atom is 0.434 e. The van der Waals surface area contributed by atoms with E-state index in [-0.39, 0.29) is 16.3 Å². The van der Waals surface area contributed by atoms with E-state index >= 15 is 0 Å². The van der Waals surface area contributed by atoms with E-state index < -0.39 is 46.2 Å². The lowest BCUT2D eigenvalue weighted by Crippen LogP contribution is -2.15. The van der Waals surface area contributed by atoms with Crippen LogP contribution in [-0.2, 0) is 10.9 Å². The molecule has 0 aliphatic heterocycles. The second kappa shape index (κ2) is 8.12. The third-order valence-corrected chi connectivity index (χ3v) is 4.88. The number of methoxy groups -OCH3 is 1. The van der Waals surface area contributed by atoms with Gasteiger partial charge >= 0.3 is 12.1 Å². The molecule has 6 nitrogen and oxygen atoms in total. The van der Waals surface area contributed by atoms with Crippen molar-refractivity contribution in [3.05, 3.63) is 76.8 Å². The lowest BCUT2D eigenvalue weighted by Gasteiger charge is -2.12. The van der Waals surface area contributed by atoms with Gasteiger partial charge in [0.15, 0.2) is 11.5 Å². The van der Waals surface area contributed by atoms with Crippen LogP contribution in [0, 0.1) is 5.82 Å². The van der Waals surface area contributed by atoms with Crippen LogP contribution in [0.3, 0.4) is 0 Å². The van der Waals surface area contributed by atoms with Crippen molar-refractivity contribution in [3.8, 4) is 28.3 Å². The second-order valence-corrected chi connectivity index (χ2v) is 6.88. The molecule has 4 aromatic rings. The molecule has 0 bridgehead atoms. The first-order valence-electron chi connectivity index (χ1n) is 8.97. The number of carbonyl (C=O) groups excluding carboxylic acids is 1. The molecular weight excluding hydrogens is 454 g/mol. The zero-order valence-corrected chi connectivity index (χ0v) is 16.9. The Morgan fingerprint density at radius 3 is 2.47 bits per heavy atom. The molecule has 164 valence electrons. The van der Waals surface area contributed by atoms with E-state index in [1.165, 1.54) is 24.3 Å². The zero-order chi connectivity index (χ0) is 23.0. The largest absolute Gasteiger partial charge is 0.465 e. The number of nitrogens with zero attached hydrogens (tertiary/aromatic N) is 3. The van der Waals surface area contributed by atoms with Crippen LogP contribution in [0.25, 0.3) is 28.3 Å². The van der Waals surface area contributed by atoms with Crippen LogP contribution < -0.4 is 0 Å². The molecule has 0 fully saturated rings. The molecular formula is C21H12ClF4N3O3. The number of hydrogen-bond donors (Lipinski definition) is 0. The van der Waals surface area contributed by atoms with Crippen LogP contribution in [0.5, 0.6) is 0 Å². The smallest absolute Gasteiger partial charge is 0.434 e. The van der Waals surface area contributed by atoms with Gasteiger partial charge in [-0.05, 0) is 24.3 Å². The van der Waals surface area contributed by atoms with Gasteiger partial charge in [0, 0.05) is 0 Å². The first-order valence-corrected chi connectivity index (χ1v) is 9.35. The number of benzene rings is 2. The van der Waals surface area contributed by atoms with E-state index in [1.54, 1.807) is 18.2 Å². The van der Waals surface area contributed by atoms with Crippen LogP contribution in [0.2, 0.25) is 5.02 Å². The quantitative estimate of drug-likeness (QED) is 0.282. The molecule has 2 aromatic heterocycles. The summed E-state index contributed by atoms with van der Waals surface area (Å²) in [6, 6.07) is 11.3. The van der Waals surface area contributed by atoms with Crippen molar-refractivity contribution in [1.82, 2.24) is 14.9 Å². The van der Waals surface area contributed by atoms with Gasteiger partial charge in [0.1, 0.15) is 17.1 Å². The summed E-state index contributed by atoms with van der Waals surface area (Å²) in [5.74, 6) is -2.52. The molecule has 0 saturated heterocycles.